The van der Waals surface area contributed by atoms with Gasteiger partial charge in [0, 0.05) is 13.2 Å². The van der Waals surface area contributed by atoms with Gasteiger partial charge in [-0.05, 0) is 19.3 Å². The lowest BCUT2D eigenvalue weighted by Crippen LogP contribution is -2.49. The maximum absolute atomic E-state index is 12.2. The molecule has 2 aliphatic rings. The molecule has 6 nitrogen and oxygen atoms in total. The van der Waals surface area contributed by atoms with Gasteiger partial charge in [0.25, 0.3) is 0 Å². The number of carbonyl (C=O) groups is 2. The molecule has 2 unspecified atom stereocenters. The third kappa shape index (κ3) is 3.91. The minimum Gasteiger partial charge on any atom is -0.467 e. The van der Waals surface area contributed by atoms with Crippen molar-refractivity contribution in [2.45, 2.75) is 37.9 Å². The first-order chi connectivity index (χ1) is 9.20. The highest BCUT2D eigenvalue weighted by molar-refractivity contribution is 5.79. The molecule has 0 aliphatic carbocycles. The Morgan fingerprint density at radius 2 is 2.11 bits per heavy atom. The van der Waals surface area contributed by atoms with E-state index in [0.29, 0.717) is 19.6 Å². The van der Waals surface area contributed by atoms with Crippen molar-refractivity contribution < 1.29 is 23.8 Å². The van der Waals surface area contributed by atoms with Crippen molar-refractivity contribution in [2.24, 2.45) is 0 Å². The second kappa shape index (κ2) is 6.86. The van der Waals surface area contributed by atoms with E-state index in [1.54, 1.807) is 4.90 Å². The first-order valence-corrected chi connectivity index (χ1v) is 6.79. The number of amides is 1. The van der Waals surface area contributed by atoms with Gasteiger partial charge in [0.1, 0.15) is 0 Å². The third-order valence-corrected chi connectivity index (χ3v) is 3.56. The number of carbonyl (C=O) groups excluding carboxylic acids is 2. The van der Waals surface area contributed by atoms with Crippen LogP contribution in [-0.4, -0.2) is 62.4 Å². The first-order valence-electron chi connectivity index (χ1n) is 6.79. The van der Waals surface area contributed by atoms with Crippen LogP contribution in [0, 0.1) is 0 Å². The van der Waals surface area contributed by atoms with Gasteiger partial charge in [-0.25, -0.2) is 4.79 Å². The second-order valence-corrected chi connectivity index (χ2v) is 4.92. The van der Waals surface area contributed by atoms with E-state index in [1.807, 2.05) is 0 Å². The molecule has 2 atom stereocenters. The fourth-order valence-corrected chi connectivity index (χ4v) is 2.44. The van der Waals surface area contributed by atoms with E-state index in [-0.39, 0.29) is 18.6 Å². The lowest BCUT2D eigenvalue weighted by molar-refractivity contribution is -0.163. The van der Waals surface area contributed by atoms with Crippen LogP contribution in [0.5, 0.6) is 0 Å². The van der Waals surface area contributed by atoms with Crippen molar-refractivity contribution >= 4 is 11.9 Å². The fourth-order valence-electron chi connectivity index (χ4n) is 2.44. The van der Waals surface area contributed by atoms with Gasteiger partial charge in [-0.15, -0.1) is 0 Å². The molecule has 0 aromatic carbocycles. The molecule has 108 valence electrons. The molecule has 2 aliphatic heterocycles. The van der Waals surface area contributed by atoms with Crippen molar-refractivity contribution in [3.05, 3.63) is 0 Å². The zero-order chi connectivity index (χ0) is 13.7. The van der Waals surface area contributed by atoms with Gasteiger partial charge in [0.15, 0.2) is 6.10 Å². The molecule has 0 spiro atoms. The fraction of sp³-hybridized carbons (Fsp3) is 0.846. The Balaban J connectivity index is 1.82. The predicted molar refractivity (Wildman–Crippen MR) is 66.5 cm³/mol. The van der Waals surface area contributed by atoms with E-state index < -0.39 is 12.1 Å². The minimum atomic E-state index is -0.657. The summed E-state index contributed by atoms with van der Waals surface area (Å²) in [6.07, 6.45) is 2.90. The monoisotopic (exact) mass is 271 g/mol. The smallest absolute Gasteiger partial charge is 0.336 e. The highest BCUT2D eigenvalue weighted by atomic mass is 16.6. The summed E-state index contributed by atoms with van der Waals surface area (Å²) in [6.45, 7) is 1.92. The van der Waals surface area contributed by atoms with E-state index in [1.165, 1.54) is 7.11 Å². The van der Waals surface area contributed by atoms with Gasteiger partial charge >= 0.3 is 5.97 Å². The summed E-state index contributed by atoms with van der Waals surface area (Å²) in [5, 5.41) is 0. The number of ether oxygens (including phenoxy) is 3. The quantitative estimate of drug-likeness (QED) is 0.693. The molecule has 2 fully saturated rings. The molecular formula is C13H21NO5. The first kappa shape index (κ1) is 14.3. The van der Waals surface area contributed by atoms with Crippen LogP contribution < -0.4 is 0 Å². The van der Waals surface area contributed by atoms with E-state index in [9.17, 15) is 9.59 Å². The molecule has 0 bridgehead atoms. The molecule has 0 radical (unpaired) electrons. The van der Waals surface area contributed by atoms with Crippen molar-refractivity contribution in [2.75, 3.05) is 33.4 Å². The summed E-state index contributed by atoms with van der Waals surface area (Å²) in [7, 11) is 1.32. The molecule has 2 saturated heterocycles. The Labute approximate surface area is 113 Å². The van der Waals surface area contributed by atoms with Crippen molar-refractivity contribution in [1.29, 1.82) is 0 Å². The third-order valence-electron chi connectivity index (χ3n) is 3.56. The van der Waals surface area contributed by atoms with Crippen LogP contribution in [0.25, 0.3) is 0 Å². The maximum atomic E-state index is 12.2. The standard InChI is InChI=1S/C13H21NO5/c1-17-13(16)11-9-14(5-7-19-11)12(15)8-10-4-2-3-6-18-10/h10-11H,2-9H2,1H3. The highest BCUT2D eigenvalue weighted by Crippen LogP contribution is 2.17. The molecule has 0 aromatic heterocycles. The van der Waals surface area contributed by atoms with E-state index in [2.05, 4.69) is 4.74 Å². The van der Waals surface area contributed by atoms with Gasteiger partial charge < -0.3 is 19.1 Å². The Morgan fingerprint density at radius 3 is 2.79 bits per heavy atom. The molecule has 0 aromatic rings. The zero-order valence-corrected chi connectivity index (χ0v) is 11.3. The molecule has 0 saturated carbocycles. The normalized spacial score (nSPS) is 27.9. The number of morpholine rings is 1. The lowest BCUT2D eigenvalue weighted by Gasteiger charge is -2.33. The molecule has 6 heteroatoms. The molecular weight excluding hydrogens is 250 g/mol. The average Bonchev–Trinajstić information content (AvgIpc) is 2.47. The Morgan fingerprint density at radius 1 is 1.26 bits per heavy atom. The van der Waals surface area contributed by atoms with Gasteiger partial charge in [0.2, 0.25) is 5.91 Å². The van der Waals surface area contributed by atoms with Crippen LogP contribution in [-0.2, 0) is 23.8 Å². The topological polar surface area (TPSA) is 65.1 Å². The lowest BCUT2D eigenvalue weighted by atomic mass is 10.1. The summed E-state index contributed by atoms with van der Waals surface area (Å²) in [6, 6.07) is 0. The summed E-state index contributed by atoms with van der Waals surface area (Å²) >= 11 is 0. The SMILES string of the molecule is COC(=O)C1CN(C(=O)CC2CCCCO2)CCO1. The summed E-state index contributed by atoms with van der Waals surface area (Å²) in [5.41, 5.74) is 0. The van der Waals surface area contributed by atoms with E-state index in [0.717, 1.165) is 25.9 Å². The molecule has 2 heterocycles. The molecule has 1 amide bonds. The average molecular weight is 271 g/mol. The van der Waals surface area contributed by atoms with Crippen LogP contribution in [0.3, 0.4) is 0 Å². The van der Waals surface area contributed by atoms with Crippen molar-refractivity contribution in [3.63, 3.8) is 0 Å². The Kier molecular flexibility index (Phi) is 5.15. The molecule has 2 rings (SSSR count). The van der Waals surface area contributed by atoms with Crippen LogP contribution in [0.1, 0.15) is 25.7 Å². The van der Waals surface area contributed by atoms with Crippen LogP contribution >= 0.6 is 0 Å². The highest BCUT2D eigenvalue weighted by Gasteiger charge is 2.31. The van der Waals surface area contributed by atoms with E-state index in [4.69, 9.17) is 9.47 Å². The van der Waals surface area contributed by atoms with Crippen LogP contribution in [0.2, 0.25) is 0 Å². The molecule has 0 N–H and O–H groups in total. The number of methoxy groups -OCH3 is 1. The number of hydrogen-bond donors (Lipinski definition) is 0. The maximum Gasteiger partial charge on any atom is 0.336 e. The number of nitrogens with zero attached hydrogens (tertiary/aromatic N) is 1. The largest absolute Gasteiger partial charge is 0.467 e. The number of esters is 1. The van der Waals surface area contributed by atoms with Gasteiger partial charge in [-0.1, -0.05) is 0 Å². The van der Waals surface area contributed by atoms with Crippen LogP contribution in [0.4, 0.5) is 0 Å². The Hall–Kier alpha value is -1.14. The van der Waals surface area contributed by atoms with Gasteiger partial charge in [0.05, 0.1) is 32.8 Å². The molecule has 19 heavy (non-hydrogen) atoms. The van der Waals surface area contributed by atoms with Crippen molar-refractivity contribution in [3.8, 4) is 0 Å². The van der Waals surface area contributed by atoms with E-state index >= 15 is 0 Å². The van der Waals surface area contributed by atoms with Crippen molar-refractivity contribution in [1.82, 2.24) is 4.90 Å². The second-order valence-electron chi connectivity index (χ2n) is 4.92. The van der Waals surface area contributed by atoms with Gasteiger partial charge in [-0.3, -0.25) is 4.79 Å². The summed E-state index contributed by atoms with van der Waals surface area (Å²) < 4.78 is 15.5. The number of hydrogen-bond acceptors (Lipinski definition) is 5. The van der Waals surface area contributed by atoms with Gasteiger partial charge in [-0.2, -0.15) is 0 Å². The number of rotatable bonds is 3. The van der Waals surface area contributed by atoms with Crippen LogP contribution in [0.15, 0.2) is 0 Å². The summed E-state index contributed by atoms with van der Waals surface area (Å²) in [5.74, 6) is -0.393. The summed E-state index contributed by atoms with van der Waals surface area (Å²) in [4.78, 5) is 25.2. The zero-order valence-electron chi connectivity index (χ0n) is 11.3. The Bertz CT molecular complexity index is 327. The predicted octanol–water partition coefficient (Wildman–Crippen LogP) is 0.346. The minimum absolute atomic E-state index is 0.0284.